The van der Waals surface area contributed by atoms with Gasteiger partial charge in [-0.3, -0.25) is 9.78 Å². The van der Waals surface area contributed by atoms with Crippen molar-refractivity contribution in [3.63, 3.8) is 0 Å². The molecule has 1 fully saturated rings. The largest absolute Gasteiger partial charge is 0.391 e. The van der Waals surface area contributed by atoms with Crippen LogP contribution in [0.2, 0.25) is 0 Å². The van der Waals surface area contributed by atoms with Crippen LogP contribution < -0.4 is 5.32 Å². The summed E-state index contributed by atoms with van der Waals surface area (Å²) in [7, 11) is 0. The lowest BCUT2D eigenvalue weighted by atomic mass is 9.94. The van der Waals surface area contributed by atoms with Crippen molar-refractivity contribution < 1.29 is 9.90 Å². The van der Waals surface area contributed by atoms with Gasteiger partial charge < -0.3 is 10.4 Å². The number of nitrogens with zero attached hydrogens (tertiary/aromatic N) is 1. The molecule has 0 radical (unpaired) electrons. The number of benzene rings is 1. The molecule has 0 spiro atoms. The third-order valence-corrected chi connectivity index (χ3v) is 4.41. The predicted molar refractivity (Wildman–Crippen MR) is 86.7 cm³/mol. The quantitative estimate of drug-likeness (QED) is 0.895. The molecule has 0 saturated heterocycles. The van der Waals surface area contributed by atoms with E-state index in [0.717, 1.165) is 36.6 Å². The summed E-state index contributed by atoms with van der Waals surface area (Å²) >= 11 is 0. The molecule has 2 atom stereocenters. The number of fused-ring (bicyclic) bond motifs is 1. The van der Waals surface area contributed by atoms with Crippen LogP contribution in [0.3, 0.4) is 0 Å². The van der Waals surface area contributed by atoms with Crippen LogP contribution in [0, 0.1) is 0 Å². The molecule has 3 rings (SSSR count). The second-order valence-electron chi connectivity index (χ2n) is 6.05. The molecule has 1 aromatic heterocycles. The first-order chi connectivity index (χ1) is 10.7. The van der Waals surface area contributed by atoms with Crippen LogP contribution in [0.25, 0.3) is 10.9 Å². The van der Waals surface area contributed by atoms with Crippen LogP contribution >= 0.6 is 0 Å². The molecule has 4 nitrogen and oxygen atoms in total. The minimum absolute atomic E-state index is 0.115. The molecule has 0 aliphatic heterocycles. The van der Waals surface area contributed by atoms with Gasteiger partial charge in [0.25, 0.3) is 5.91 Å². The number of carbonyl (C=O) groups is 1. The average Bonchev–Trinajstić information content (AvgIpc) is 2.54. The maximum Gasteiger partial charge on any atom is 0.251 e. The second kappa shape index (κ2) is 6.88. The number of aromatic nitrogens is 1. The number of rotatable bonds is 2. The minimum atomic E-state index is -0.439. The molecule has 116 valence electrons. The number of carbonyl (C=O) groups excluding carboxylic acids is 1. The Kier molecular flexibility index (Phi) is 4.68. The number of aliphatic hydroxyl groups is 1. The molecule has 0 unspecified atom stereocenters. The van der Waals surface area contributed by atoms with Crippen LogP contribution in [0.15, 0.2) is 36.5 Å². The van der Waals surface area contributed by atoms with Gasteiger partial charge in [-0.15, -0.1) is 0 Å². The van der Waals surface area contributed by atoms with Crippen molar-refractivity contribution in [2.75, 3.05) is 0 Å². The zero-order valence-corrected chi connectivity index (χ0v) is 12.7. The molecule has 22 heavy (non-hydrogen) atoms. The molecule has 1 aliphatic carbocycles. The molecule has 2 aromatic rings. The zero-order valence-electron chi connectivity index (χ0n) is 12.7. The Balaban J connectivity index is 1.74. The molecule has 1 aliphatic rings. The van der Waals surface area contributed by atoms with Gasteiger partial charge in [0.15, 0.2) is 0 Å². The highest BCUT2D eigenvalue weighted by Crippen LogP contribution is 2.19. The monoisotopic (exact) mass is 298 g/mol. The third-order valence-electron chi connectivity index (χ3n) is 4.41. The summed E-state index contributed by atoms with van der Waals surface area (Å²) in [5.41, 5.74) is 1.50. The molecule has 4 heteroatoms. The van der Waals surface area contributed by atoms with E-state index < -0.39 is 6.10 Å². The maximum absolute atomic E-state index is 12.5. The van der Waals surface area contributed by atoms with E-state index in [9.17, 15) is 9.90 Å². The standard InChI is InChI=1S/C18H22N2O2/c21-17-8-4-2-1-3-7-16(17)20-18(22)14-9-10-15-13(12-14)6-5-11-19-15/h5-6,9-12,16-17,21H,1-4,7-8H2,(H,20,22)/t16-,17-/m0/s1. The van der Waals surface area contributed by atoms with E-state index in [0.29, 0.717) is 5.56 Å². The van der Waals surface area contributed by atoms with Crippen molar-refractivity contribution >= 4 is 16.8 Å². The molecule has 1 saturated carbocycles. The number of aliphatic hydroxyl groups excluding tert-OH is 1. The summed E-state index contributed by atoms with van der Waals surface area (Å²) in [6, 6.07) is 9.18. The first kappa shape index (κ1) is 15.0. The van der Waals surface area contributed by atoms with Crippen LogP contribution in [-0.2, 0) is 0 Å². The van der Waals surface area contributed by atoms with Crippen molar-refractivity contribution in [3.8, 4) is 0 Å². The van der Waals surface area contributed by atoms with E-state index in [1.807, 2.05) is 24.3 Å². The summed E-state index contributed by atoms with van der Waals surface area (Å²) in [4.78, 5) is 16.7. The fraction of sp³-hybridized carbons (Fsp3) is 0.444. The van der Waals surface area contributed by atoms with Gasteiger partial charge in [0, 0.05) is 17.1 Å². The van der Waals surface area contributed by atoms with Gasteiger partial charge in [-0.25, -0.2) is 0 Å². The van der Waals surface area contributed by atoms with Gasteiger partial charge in [-0.05, 0) is 37.1 Å². The van der Waals surface area contributed by atoms with Crippen LogP contribution in [0.4, 0.5) is 0 Å². The predicted octanol–water partition coefficient (Wildman–Crippen LogP) is 3.05. The van der Waals surface area contributed by atoms with Crippen molar-refractivity contribution in [1.82, 2.24) is 10.3 Å². The SMILES string of the molecule is O=C(N[C@H]1CCCCCC[C@@H]1O)c1ccc2ncccc2c1. The van der Waals surface area contributed by atoms with Crippen LogP contribution in [-0.4, -0.2) is 28.1 Å². The van der Waals surface area contributed by atoms with Crippen molar-refractivity contribution in [1.29, 1.82) is 0 Å². The number of hydrogen-bond acceptors (Lipinski definition) is 3. The number of hydrogen-bond donors (Lipinski definition) is 2. The summed E-state index contributed by atoms with van der Waals surface area (Å²) in [5.74, 6) is -0.115. The fourth-order valence-corrected chi connectivity index (χ4v) is 3.10. The Hall–Kier alpha value is -1.94. The Morgan fingerprint density at radius 3 is 2.82 bits per heavy atom. The lowest BCUT2D eigenvalue weighted by Crippen LogP contribution is -2.43. The topological polar surface area (TPSA) is 62.2 Å². The second-order valence-corrected chi connectivity index (χ2v) is 6.05. The van der Waals surface area contributed by atoms with E-state index >= 15 is 0 Å². The number of nitrogens with one attached hydrogen (secondary N) is 1. The Labute approximate surface area is 130 Å². The first-order valence-corrected chi connectivity index (χ1v) is 8.08. The highest BCUT2D eigenvalue weighted by molar-refractivity contribution is 5.98. The lowest BCUT2D eigenvalue weighted by molar-refractivity contribution is 0.0771. The summed E-state index contributed by atoms with van der Waals surface area (Å²) in [6.07, 6.45) is 7.38. The van der Waals surface area contributed by atoms with Gasteiger partial charge >= 0.3 is 0 Å². The Morgan fingerprint density at radius 1 is 1.14 bits per heavy atom. The van der Waals surface area contributed by atoms with Gasteiger partial charge in [0.05, 0.1) is 17.7 Å². The third kappa shape index (κ3) is 3.45. The van der Waals surface area contributed by atoms with E-state index in [2.05, 4.69) is 10.3 Å². The summed E-state index contributed by atoms with van der Waals surface area (Å²) in [6.45, 7) is 0. The fourth-order valence-electron chi connectivity index (χ4n) is 3.10. The van der Waals surface area contributed by atoms with Gasteiger partial charge in [-0.1, -0.05) is 31.7 Å². The Bertz CT molecular complexity index is 656. The first-order valence-electron chi connectivity index (χ1n) is 8.08. The van der Waals surface area contributed by atoms with Crippen molar-refractivity contribution in [2.24, 2.45) is 0 Å². The van der Waals surface area contributed by atoms with Crippen LogP contribution in [0.5, 0.6) is 0 Å². The highest BCUT2D eigenvalue weighted by atomic mass is 16.3. The average molecular weight is 298 g/mol. The molecule has 1 aromatic carbocycles. The molecule has 0 bridgehead atoms. The molecule has 1 amide bonds. The minimum Gasteiger partial charge on any atom is -0.391 e. The maximum atomic E-state index is 12.5. The normalized spacial score (nSPS) is 22.8. The summed E-state index contributed by atoms with van der Waals surface area (Å²) in [5, 5.41) is 14.2. The highest BCUT2D eigenvalue weighted by Gasteiger charge is 2.22. The van der Waals surface area contributed by atoms with Crippen LogP contribution in [0.1, 0.15) is 48.9 Å². The van der Waals surface area contributed by atoms with Gasteiger partial charge in [0.1, 0.15) is 0 Å². The number of amides is 1. The molecule has 2 N–H and O–H groups in total. The van der Waals surface area contributed by atoms with E-state index in [4.69, 9.17) is 0 Å². The molecule has 1 heterocycles. The lowest BCUT2D eigenvalue weighted by Gasteiger charge is -2.26. The molecular weight excluding hydrogens is 276 g/mol. The molecular formula is C18H22N2O2. The Morgan fingerprint density at radius 2 is 1.95 bits per heavy atom. The van der Waals surface area contributed by atoms with E-state index in [1.54, 1.807) is 12.3 Å². The van der Waals surface area contributed by atoms with Crippen molar-refractivity contribution in [2.45, 2.75) is 50.7 Å². The summed E-state index contributed by atoms with van der Waals surface area (Å²) < 4.78 is 0. The van der Waals surface area contributed by atoms with Gasteiger partial charge in [-0.2, -0.15) is 0 Å². The van der Waals surface area contributed by atoms with Gasteiger partial charge in [0.2, 0.25) is 0 Å². The smallest absolute Gasteiger partial charge is 0.251 e. The van der Waals surface area contributed by atoms with Crippen molar-refractivity contribution in [3.05, 3.63) is 42.1 Å². The van der Waals surface area contributed by atoms with E-state index in [-0.39, 0.29) is 11.9 Å². The van der Waals surface area contributed by atoms with E-state index in [1.165, 1.54) is 12.8 Å². The number of pyridine rings is 1. The zero-order chi connectivity index (χ0) is 15.4.